The van der Waals surface area contributed by atoms with Crippen LogP contribution in [0, 0.1) is 0 Å². The van der Waals surface area contributed by atoms with E-state index in [1.807, 2.05) is 36.4 Å². The summed E-state index contributed by atoms with van der Waals surface area (Å²) in [4.78, 5) is 12.0. The van der Waals surface area contributed by atoms with E-state index >= 15 is 0 Å². The molecule has 0 atom stereocenters. The molecular formula is C17H19NO3. The predicted molar refractivity (Wildman–Crippen MR) is 82.3 cm³/mol. The van der Waals surface area contributed by atoms with Crippen molar-refractivity contribution < 1.29 is 14.6 Å². The molecule has 0 fully saturated rings. The zero-order chi connectivity index (χ0) is 15.1. The summed E-state index contributed by atoms with van der Waals surface area (Å²) in [7, 11) is 1.62. The normalized spacial score (nSPS) is 10.2. The smallest absolute Gasteiger partial charge is 0.224 e. The molecule has 4 nitrogen and oxygen atoms in total. The van der Waals surface area contributed by atoms with E-state index in [4.69, 9.17) is 4.74 Å². The highest BCUT2D eigenvalue weighted by Crippen LogP contribution is 2.20. The maximum Gasteiger partial charge on any atom is 0.224 e. The van der Waals surface area contributed by atoms with E-state index < -0.39 is 0 Å². The molecule has 2 rings (SSSR count). The molecule has 0 aliphatic rings. The van der Waals surface area contributed by atoms with Gasteiger partial charge < -0.3 is 15.2 Å². The molecule has 0 aromatic heterocycles. The summed E-state index contributed by atoms with van der Waals surface area (Å²) in [5.41, 5.74) is 2.37. The highest BCUT2D eigenvalue weighted by atomic mass is 16.5. The van der Waals surface area contributed by atoms with Crippen LogP contribution in [0.4, 0.5) is 5.69 Å². The van der Waals surface area contributed by atoms with Gasteiger partial charge in [0.15, 0.2) is 0 Å². The molecule has 0 aliphatic heterocycles. The number of amides is 1. The van der Waals surface area contributed by atoms with E-state index in [2.05, 4.69) is 5.32 Å². The van der Waals surface area contributed by atoms with Crippen LogP contribution in [0.25, 0.3) is 0 Å². The van der Waals surface area contributed by atoms with Crippen LogP contribution >= 0.6 is 0 Å². The fourth-order valence-corrected chi connectivity index (χ4v) is 2.15. The van der Waals surface area contributed by atoms with Gasteiger partial charge in [0.05, 0.1) is 13.7 Å². The molecule has 4 heteroatoms. The lowest BCUT2D eigenvalue weighted by atomic mass is 10.1. The Morgan fingerprint density at radius 2 is 1.76 bits per heavy atom. The third-order valence-corrected chi connectivity index (χ3v) is 3.28. The molecule has 21 heavy (non-hydrogen) atoms. The zero-order valence-corrected chi connectivity index (χ0v) is 12.0. The SMILES string of the molecule is COc1ccccc1CCC(=O)Nc1ccccc1CO. The van der Waals surface area contributed by atoms with Gasteiger partial charge in [-0.25, -0.2) is 0 Å². The number of hydrogen-bond donors (Lipinski definition) is 2. The topological polar surface area (TPSA) is 58.6 Å². The van der Waals surface area contributed by atoms with Crippen LogP contribution in [0.15, 0.2) is 48.5 Å². The van der Waals surface area contributed by atoms with Crippen molar-refractivity contribution in [1.29, 1.82) is 0 Å². The molecule has 0 radical (unpaired) electrons. The van der Waals surface area contributed by atoms with Gasteiger partial charge in [0.1, 0.15) is 5.75 Å². The van der Waals surface area contributed by atoms with Gasteiger partial charge in [0.2, 0.25) is 5.91 Å². The lowest BCUT2D eigenvalue weighted by molar-refractivity contribution is -0.116. The largest absolute Gasteiger partial charge is 0.496 e. The molecule has 0 heterocycles. The molecule has 0 aliphatic carbocycles. The number of hydrogen-bond acceptors (Lipinski definition) is 3. The van der Waals surface area contributed by atoms with Crippen molar-refractivity contribution in [3.05, 3.63) is 59.7 Å². The van der Waals surface area contributed by atoms with Crippen LogP contribution in [0.2, 0.25) is 0 Å². The van der Waals surface area contributed by atoms with Crippen LogP contribution in [0.3, 0.4) is 0 Å². The summed E-state index contributed by atoms with van der Waals surface area (Å²) >= 11 is 0. The summed E-state index contributed by atoms with van der Waals surface area (Å²) in [5.74, 6) is 0.711. The number of anilines is 1. The average Bonchev–Trinajstić information content (AvgIpc) is 2.53. The van der Waals surface area contributed by atoms with Crippen LogP contribution in [0.5, 0.6) is 5.75 Å². The van der Waals surface area contributed by atoms with Crippen molar-refractivity contribution in [3.63, 3.8) is 0 Å². The molecule has 0 saturated carbocycles. The minimum atomic E-state index is -0.0943. The molecule has 110 valence electrons. The Hall–Kier alpha value is -2.33. The molecule has 0 unspecified atom stereocenters. The standard InChI is InChI=1S/C17H19NO3/c1-21-16-9-5-3-6-13(16)10-11-17(20)18-15-8-4-2-7-14(15)12-19/h2-9,19H,10-12H2,1H3,(H,18,20). The highest BCUT2D eigenvalue weighted by molar-refractivity contribution is 5.91. The minimum absolute atomic E-state index is 0.0817. The molecule has 2 aromatic rings. The van der Waals surface area contributed by atoms with E-state index in [1.165, 1.54) is 0 Å². The maximum absolute atomic E-state index is 12.0. The van der Waals surface area contributed by atoms with Crippen molar-refractivity contribution in [1.82, 2.24) is 0 Å². The average molecular weight is 285 g/mol. The summed E-state index contributed by atoms with van der Waals surface area (Å²) in [5, 5.41) is 12.1. The third-order valence-electron chi connectivity index (χ3n) is 3.28. The number of aliphatic hydroxyl groups excluding tert-OH is 1. The quantitative estimate of drug-likeness (QED) is 0.858. The van der Waals surface area contributed by atoms with Gasteiger partial charge in [0.25, 0.3) is 0 Å². The number of aryl methyl sites for hydroxylation is 1. The number of methoxy groups -OCH3 is 1. The molecule has 0 saturated heterocycles. The minimum Gasteiger partial charge on any atom is -0.496 e. The van der Waals surface area contributed by atoms with Gasteiger partial charge in [-0.05, 0) is 24.1 Å². The van der Waals surface area contributed by atoms with Gasteiger partial charge in [-0.15, -0.1) is 0 Å². The fraction of sp³-hybridized carbons (Fsp3) is 0.235. The first-order valence-electron chi connectivity index (χ1n) is 6.85. The number of benzene rings is 2. The first-order chi connectivity index (χ1) is 10.2. The van der Waals surface area contributed by atoms with Gasteiger partial charge in [0, 0.05) is 17.7 Å². The van der Waals surface area contributed by atoms with E-state index in [0.29, 0.717) is 24.1 Å². The van der Waals surface area contributed by atoms with E-state index in [-0.39, 0.29) is 12.5 Å². The second-order valence-corrected chi connectivity index (χ2v) is 4.68. The number of rotatable bonds is 6. The van der Waals surface area contributed by atoms with Crippen molar-refractivity contribution in [2.75, 3.05) is 12.4 Å². The van der Waals surface area contributed by atoms with Crippen LogP contribution in [-0.2, 0) is 17.8 Å². The second kappa shape index (κ2) is 7.45. The molecule has 1 amide bonds. The Kier molecular flexibility index (Phi) is 5.35. The number of para-hydroxylation sites is 2. The summed E-state index contributed by atoms with van der Waals surface area (Å²) in [6, 6.07) is 14.9. The maximum atomic E-state index is 12.0. The monoisotopic (exact) mass is 285 g/mol. The number of nitrogens with one attached hydrogen (secondary N) is 1. The highest BCUT2D eigenvalue weighted by Gasteiger charge is 2.08. The Morgan fingerprint density at radius 3 is 2.48 bits per heavy atom. The first kappa shape index (κ1) is 15.1. The Morgan fingerprint density at radius 1 is 1.10 bits per heavy atom. The summed E-state index contributed by atoms with van der Waals surface area (Å²) < 4.78 is 5.27. The van der Waals surface area contributed by atoms with Crippen LogP contribution in [0.1, 0.15) is 17.5 Å². The van der Waals surface area contributed by atoms with Crippen LogP contribution < -0.4 is 10.1 Å². The van der Waals surface area contributed by atoms with Crippen molar-refractivity contribution in [3.8, 4) is 5.75 Å². The summed E-state index contributed by atoms with van der Waals surface area (Å²) in [6.45, 7) is -0.0943. The third kappa shape index (κ3) is 4.07. The fourth-order valence-electron chi connectivity index (χ4n) is 2.15. The zero-order valence-electron chi connectivity index (χ0n) is 12.0. The van der Waals surface area contributed by atoms with Crippen LogP contribution in [-0.4, -0.2) is 18.1 Å². The predicted octanol–water partition coefficient (Wildman–Crippen LogP) is 2.76. The number of ether oxygens (including phenoxy) is 1. The van der Waals surface area contributed by atoms with Gasteiger partial charge in [-0.3, -0.25) is 4.79 Å². The molecular weight excluding hydrogens is 266 g/mol. The number of aliphatic hydroxyl groups is 1. The second-order valence-electron chi connectivity index (χ2n) is 4.68. The lowest BCUT2D eigenvalue weighted by Gasteiger charge is -2.10. The lowest BCUT2D eigenvalue weighted by Crippen LogP contribution is -2.14. The summed E-state index contributed by atoms with van der Waals surface area (Å²) in [6.07, 6.45) is 0.970. The Bertz CT molecular complexity index is 610. The van der Waals surface area contributed by atoms with Gasteiger partial charge >= 0.3 is 0 Å². The molecule has 2 aromatic carbocycles. The van der Waals surface area contributed by atoms with Crippen molar-refractivity contribution in [2.45, 2.75) is 19.4 Å². The molecule has 0 bridgehead atoms. The Labute approximate surface area is 124 Å². The van der Waals surface area contributed by atoms with E-state index in [1.54, 1.807) is 19.2 Å². The van der Waals surface area contributed by atoms with E-state index in [9.17, 15) is 9.90 Å². The van der Waals surface area contributed by atoms with Crippen molar-refractivity contribution in [2.24, 2.45) is 0 Å². The molecule has 2 N–H and O–H groups in total. The van der Waals surface area contributed by atoms with Gasteiger partial charge in [-0.2, -0.15) is 0 Å². The van der Waals surface area contributed by atoms with E-state index in [0.717, 1.165) is 11.3 Å². The number of carbonyl (C=O) groups excluding carboxylic acids is 1. The Balaban J connectivity index is 1.96. The number of carbonyl (C=O) groups is 1. The molecule has 0 spiro atoms. The van der Waals surface area contributed by atoms with Crippen molar-refractivity contribution >= 4 is 11.6 Å². The van der Waals surface area contributed by atoms with Gasteiger partial charge in [-0.1, -0.05) is 36.4 Å². The first-order valence-corrected chi connectivity index (χ1v) is 6.85.